The van der Waals surface area contributed by atoms with E-state index in [1.54, 1.807) is 37.3 Å². The molecule has 0 radical (unpaired) electrons. The molecular weight excluding hydrogens is 382 g/mol. The highest BCUT2D eigenvalue weighted by molar-refractivity contribution is 5.99. The number of carbonyl (C=O) groups excluding carboxylic acids is 2. The summed E-state index contributed by atoms with van der Waals surface area (Å²) in [5, 5.41) is 2.97. The van der Waals surface area contributed by atoms with Crippen LogP contribution in [0.25, 0.3) is 0 Å². The highest BCUT2D eigenvalue weighted by atomic mass is 16.5. The van der Waals surface area contributed by atoms with E-state index < -0.39 is 0 Å². The maximum absolute atomic E-state index is 13.2. The van der Waals surface area contributed by atoms with E-state index in [4.69, 9.17) is 9.47 Å². The normalized spacial score (nSPS) is 26.6. The molecule has 7 nitrogen and oxygen atoms in total. The molecule has 1 aromatic carbocycles. The zero-order chi connectivity index (χ0) is 21.8. The van der Waals surface area contributed by atoms with E-state index in [1.807, 2.05) is 0 Å². The Morgan fingerprint density at radius 2 is 1.93 bits per heavy atom. The van der Waals surface area contributed by atoms with Crippen LogP contribution < -0.4 is 10.1 Å². The number of hydrogen-bond acceptors (Lipinski definition) is 5. The molecule has 0 spiro atoms. The number of hydrogen-bond donors (Lipinski definition) is 1. The van der Waals surface area contributed by atoms with E-state index >= 15 is 0 Å². The van der Waals surface area contributed by atoms with Crippen LogP contribution in [0.2, 0.25) is 0 Å². The molecule has 166 valence electrons. The summed E-state index contributed by atoms with van der Waals surface area (Å²) in [7, 11) is 5.56. The van der Waals surface area contributed by atoms with Crippen molar-refractivity contribution in [1.82, 2.24) is 9.80 Å². The predicted molar refractivity (Wildman–Crippen MR) is 117 cm³/mol. The Hall–Kier alpha value is -2.12. The van der Waals surface area contributed by atoms with Crippen molar-refractivity contribution < 1.29 is 19.1 Å². The fourth-order valence-electron chi connectivity index (χ4n) is 3.95. The number of likely N-dealkylation sites (N-methyl/N-ethyl adjacent to an activating group) is 2. The number of anilines is 1. The Morgan fingerprint density at radius 1 is 1.20 bits per heavy atom. The first-order chi connectivity index (χ1) is 14.3. The van der Waals surface area contributed by atoms with Crippen LogP contribution in [0.5, 0.6) is 5.75 Å². The van der Waals surface area contributed by atoms with Gasteiger partial charge in [0.2, 0.25) is 5.91 Å². The Bertz CT molecular complexity index is 765. The lowest BCUT2D eigenvalue weighted by atomic mass is 9.85. The number of amides is 2. The third-order valence-electron chi connectivity index (χ3n) is 6.50. The van der Waals surface area contributed by atoms with Crippen molar-refractivity contribution in [2.75, 3.05) is 46.2 Å². The van der Waals surface area contributed by atoms with Crippen molar-refractivity contribution in [2.45, 2.75) is 45.3 Å². The molecule has 2 aliphatic rings. The predicted octanol–water partition coefficient (Wildman–Crippen LogP) is 2.86. The molecule has 2 amide bonds. The Kier molecular flexibility index (Phi) is 7.36. The molecule has 1 saturated carbocycles. The molecule has 0 saturated heterocycles. The van der Waals surface area contributed by atoms with Gasteiger partial charge in [0, 0.05) is 51.0 Å². The van der Waals surface area contributed by atoms with E-state index in [-0.39, 0.29) is 35.8 Å². The van der Waals surface area contributed by atoms with Crippen molar-refractivity contribution >= 4 is 17.5 Å². The van der Waals surface area contributed by atoms with Crippen LogP contribution in [-0.4, -0.2) is 74.7 Å². The molecule has 1 heterocycles. The first-order valence-corrected chi connectivity index (χ1v) is 10.9. The molecule has 1 aromatic rings. The van der Waals surface area contributed by atoms with Crippen molar-refractivity contribution in [3.05, 3.63) is 23.8 Å². The summed E-state index contributed by atoms with van der Waals surface area (Å²) < 4.78 is 11.8. The topological polar surface area (TPSA) is 71.1 Å². The summed E-state index contributed by atoms with van der Waals surface area (Å²) in [6.07, 6.45) is 2.94. The second kappa shape index (κ2) is 9.79. The highest BCUT2D eigenvalue weighted by Crippen LogP contribution is 2.30. The van der Waals surface area contributed by atoms with Crippen molar-refractivity contribution in [2.24, 2.45) is 11.8 Å². The van der Waals surface area contributed by atoms with Gasteiger partial charge in [0.15, 0.2) is 0 Å². The quantitative estimate of drug-likeness (QED) is 0.819. The third-order valence-corrected chi connectivity index (χ3v) is 6.50. The third kappa shape index (κ3) is 5.13. The summed E-state index contributed by atoms with van der Waals surface area (Å²) in [6, 6.07) is 5.46. The minimum atomic E-state index is -0.113. The number of nitrogens with one attached hydrogen (secondary N) is 1. The van der Waals surface area contributed by atoms with Crippen LogP contribution in [0.1, 0.15) is 43.5 Å². The standard InChI is InChI=1S/C23H35N3O4/c1-15-12-25(3)16(2)14-30-20-11-18(24-22(27)17-7-6-8-17)9-10-19(20)23(28)26(4)13-21(15)29-5/h9-11,15-17,21H,6-8,12-14H2,1-5H3,(H,24,27)/t15-,16+,21+/m1/s1. The number of rotatable bonds is 3. The molecular formula is C23H35N3O4. The Morgan fingerprint density at radius 3 is 2.57 bits per heavy atom. The van der Waals surface area contributed by atoms with Crippen molar-refractivity contribution in [3.8, 4) is 5.75 Å². The van der Waals surface area contributed by atoms with Gasteiger partial charge in [-0.3, -0.25) is 14.5 Å². The Labute approximate surface area is 179 Å². The lowest BCUT2D eigenvalue weighted by molar-refractivity contribution is -0.122. The number of nitrogens with zero attached hydrogens (tertiary/aromatic N) is 2. The summed E-state index contributed by atoms with van der Waals surface area (Å²) >= 11 is 0. The zero-order valence-electron chi connectivity index (χ0n) is 18.8. The number of ether oxygens (including phenoxy) is 2. The average molecular weight is 418 g/mol. The first kappa shape index (κ1) is 22.6. The molecule has 1 N–H and O–H groups in total. The van der Waals surface area contributed by atoms with E-state index in [9.17, 15) is 9.59 Å². The van der Waals surface area contributed by atoms with Crippen LogP contribution >= 0.6 is 0 Å². The highest BCUT2D eigenvalue weighted by Gasteiger charge is 2.28. The van der Waals surface area contributed by atoms with Gasteiger partial charge in [-0.15, -0.1) is 0 Å². The molecule has 0 bridgehead atoms. The van der Waals surface area contributed by atoms with E-state index in [0.29, 0.717) is 30.2 Å². The lowest BCUT2D eigenvalue weighted by Gasteiger charge is -2.34. The summed E-state index contributed by atoms with van der Waals surface area (Å²) in [6.45, 7) is 6.04. The SMILES string of the molecule is CO[C@H]1CN(C)C(=O)c2ccc(NC(=O)C3CCC3)cc2OC[C@H](C)N(C)C[C@H]1C. The molecule has 7 heteroatoms. The second-order valence-electron chi connectivity index (χ2n) is 8.86. The number of fused-ring (bicyclic) bond motifs is 1. The molecule has 1 aliphatic heterocycles. The molecule has 0 aromatic heterocycles. The fourth-order valence-corrected chi connectivity index (χ4v) is 3.95. The van der Waals surface area contributed by atoms with Gasteiger partial charge in [0.1, 0.15) is 12.4 Å². The van der Waals surface area contributed by atoms with Crippen LogP contribution in [0, 0.1) is 11.8 Å². The first-order valence-electron chi connectivity index (χ1n) is 10.9. The van der Waals surface area contributed by atoms with Crippen LogP contribution in [0.15, 0.2) is 18.2 Å². The van der Waals surface area contributed by atoms with E-state index in [2.05, 4.69) is 31.1 Å². The summed E-state index contributed by atoms with van der Waals surface area (Å²) in [5.74, 6) is 0.795. The maximum atomic E-state index is 13.2. The monoisotopic (exact) mass is 417 g/mol. The van der Waals surface area contributed by atoms with Gasteiger partial charge in [-0.25, -0.2) is 0 Å². The van der Waals surface area contributed by atoms with Gasteiger partial charge in [0.05, 0.1) is 11.7 Å². The second-order valence-corrected chi connectivity index (χ2v) is 8.86. The van der Waals surface area contributed by atoms with Gasteiger partial charge in [0.25, 0.3) is 5.91 Å². The smallest absolute Gasteiger partial charge is 0.257 e. The minimum Gasteiger partial charge on any atom is -0.491 e. The van der Waals surface area contributed by atoms with Crippen LogP contribution in [0.4, 0.5) is 5.69 Å². The number of methoxy groups -OCH3 is 1. The van der Waals surface area contributed by atoms with Crippen LogP contribution in [-0.2, 0) is 9.53 Å². The lowest BCUT2D eigenvalue weighted by Crippen LogP contribution is -2.45. The molecule has 1 aliphatic carbocycles. The largest absolute Gasteiger partial charge is 0.491 e. The molecule has 3 atom stereocenters. The molecule has 30 heavy (non-hydrogen) atoms. The minimum absolute atomic E-state index is 0.0443. The Balaban J connectivity index is 1.87. The van der Waals surface area contributed by atoms with Gasteiger partial charge in [-0.05, 0) is 44.9 Å². The van der Waals surface area contributed by atoms with Crippen molar-refractivity contribution in [1.29, 1.82) is 0 Å². The van der Waals surface area contributed by atoms with Gasteiger partial charge in [-0.1, -0.05) is 13.3 Å². The van der Waals surface area contributed by atoms with E-state index in [0.717, 1.165) is 25.8 Å². The number of carbonyl (C=O) groups is 2. The van der Waals surface area contributed by atoms with Gasteiger partial charge < -0.3 is 19.7 Å². The number of benzene rings is 1. The molecule has 0 unspecified atom stereocenters. The molecule has 3 rings (SSSR count). The zero-order valence-corrected chi connectivity index (χ0v) is 18.8. The average Bonchev–Trinajstić information content (AvgIpc) is 2.67. The fraction of sp³-hybridized carbons (Fsp3) is 0.652. The summed E-state index contributed by atoms with van der Waals surface area (Å²) in [4.78, 5) is 29.4. The van der Waals surface area contributed by atoms with Crippen molar-refractivity contribution in [3.63, 3.8) is 0 Å². The van der Waals surface area contributed by atoms with Crippen LogP contribution in [0.3, 0.4) is 0 Å². The van der Waals surface area contributed by atoms with Gasteiger partial charge in [-0.2, -0.15) is 0 Å². The summed E-state index contributed by atoms with van der Waals surface area (Å²) in [5.41, 5.74) is 1.16. The van der Waals surface area contributed by atoms with Gasteiger partial charge >= 0.3 is 0 Å². The molecule has 1 fully saturated rings. The van der Waals surface area contributed by atoms with E-state index in [1.165, 1.54) is 0 Å². The maximum Gasteiger partial charge on any atom is 0.257 e.